The molecule has 0 aliphatic carbocycles. The van der Waals surface area contributed by atoms with Gasteiger partial charge in [0.15, 0.2) is 11.0 Å². The molecule has 4 atom stereocenters. The van der Waals surface area contributed by atoms with Crippen LogP contribution < -0.4 is 5.56 Å². The number of nitrogens with zero attached hydrogens (tertiary/aromatic N) is 1. The number of rotatable bonds is 4. The zero-order valence-corrected chi connectivity index (χ0v) is 13.2. The molecule has 5 N–H and O–H groups in total. The lowest BCUT2D eigenvalue weighted by atomic mass is 10.1. The fourth-order valence-electron chi connectivity index (χ4n) is 1.90. The van der Waals surface area contributed by atoms with Crippen molar-refractivity contribution in [2.75, 3.05) is 6.56 Å². The second kappa shape index (κ2) is 6.47. The van der Waals surface area contributed by atoms with Crippen molar-refractivity contribution in [3.63, 3.8) is 0 Å². The number of aliphatic hydroxyl groups is 2. The highest BCUT2D eigenvalue weighted by Crippen LogP contribution is 2.43. The fraction of sp³-hybridized carbons (Fsp3) is 0.455. The lowest BCUT2D eigenvalue weighted by Gasteiger charge is -2.23. The van der Waals surface area contributed by atoms with E-state index in [4.69, 9.17) is 31.2 Å². The van der Waals surface area contributed by atoms with E-state index in [0.29, 0.717) is 0 Å². The highest BCUT2D eigenvalue weighted by molar-refractivity contribution is 7.71. The van der Waals surface area contributed by atoms with Gasteiger partial charge in [-0.2, -0.15) is 0 Å². The zero-order valence-electron chi connectivity index (χ0n) is 13.5. The van der Waals surface area contributed by atoms with Crippen molar-refractivity contribution in [3.8, 4) is 12.3 Å². The zero-order chi connectivity index (χ0) is 20.1. The predicted octanol–water partition coefficient (Wildman–Crippen LogP) is -1.09. The predicted molar refractivity (Wildman–Crippen MR) is 77.8 cm³/mol. The maximum atomic E-state index is 15.0. The number of terminal acetylenes is 1. The number of alkyl halides is 1. The average molecular weight is 384 g/mol. The Morgan fingerprint density at radius 2 is 2.29 bits per heavy atom. The molecular weight excluding hydrogens is 370 g/mol. The van der Waals surface area contributed by atoms with Gasteiger partial charge in [-0.1, -0.05) is 5.92 Å². The largest absolute Gasteiger partial charge is 0.469 e. The van der Waals surface area contributed by atoms with Gasteiger partial charge in [-0.3, -0.25) is 18.9 Å². The van der Waals surface area contributed by atoms with Crippen molar-refractivity contribution in [2.24, 2.45) is 0 Å². The summed E-state index contributed by atoms with van der Waals surface area (Å²) in [5.74, 6) is -1.92. The van der Waals surface area contributed by atoms with Crippen molar-refractivity contribution in [1.82, 2.24) is 9.55 Å². The molecule has 0 aromatic carbocycles. The number of hydrogen-bond donors (Lipinski definition) is 5. The van der Waals surface area contributed by atoms with E-state index in [9.17, 15) is 24.0 Å². The molecule has 13 heteroatoms. The van der Waals surface area contributed by atoms with Crippen molar-refractivity contribution >= 4 is 20.0 Å². The molecule has 1 aromatic heterocycles. The van der Waals surface area contributed by atoms with Crippen molar-refractivity contribution < 1.29 is 41.0 Å². The van der Waals surface area contributed by atoms with Crippen LogP contribution in [0.4, 0.5) is 4.39 Å². The molecule has 0 unspecified atom stereocenters. The van der Waals surface area contributed by atoms with Crippen molar-refractivity contribution in [1.29, 1.82) is 0 Å². The number of aromatic nitrogens is 2. The Kier molecular flexibility index (Phi) is 4.33. The van der Waals surface area contributed by atoms with E-state index < -0.39 is 49.0 Å². The molecule has 0 amide bonds. The number of phosphoric ester groups is 1. The molecule has 0 radical (unpaired) electrons. The van der Waals surface area contributed by atoms with E-state index >= 15 is 0 Å². The third-order valence-corrected chi connectivity index (χ3v) is 3.63. The highest BCUT2D eigenvalue weighted by atomic mass is 32.1. The Bertz CT molecular complexity index is 926. The molecule has 1 fully saturated rings. The van der Waals surface area contributed by atoms with Gasteiger partial charge < -0.3 is 24.7 Å². The molecule has 1 aliphatic heterocycles. The molecule has 2 rings (SSSR count). The van der Waals surface area contributed by atoms with E-state index in [2.05, 4.69) is 14.2 Å². The van der Waals surface area contributed by atoms with E-state index in [-0.39, 0.29) is 5.56 Å². The topological polar surface area (TPSA) is 154 Å². The maximum absolute atomic E-state index is 15.0. The molecule has 0 spiro atoms. The van der Waals surface area contributed by atoms with Crippen LogP contribution in [-0.4, -0.2) is 54.2 Å². The molecule has 10 nitrogen and oxygen atoms in total. The summed E-state index contributed by atoms with van der Waals surface area (Å²) in [6, 6.07) is 0. The van der Waals surface area contributed by atoms with Crippen LogP contribution in [0.3, 0.4) is 0 Å². The number of H-pyrrole nitrogens is 1. The Morgan fingerprint density at radius 3 is 2.83 bits per heavy atom. The van der Waals surface area contributed by atoms with Crippen LogP contribution >= 0.6 is 20.0 Å². The first kappa shape index (κ1) is 16.1. The normalized spacial score (nSPS) is 32.1. The first-order valence-electron chi connectivity index (χ1n) is 7.05. The molecule has 0 bridgehead atoms. The Hall–Kier alpha value is -1.42. The highest BCUT2D eigenvalue weighted by Gasteiger charge is 2.57. The summed E-state index contributed by atoms with van der Waals surface area (Å²) >= 11 is 4.83. The fourth-order valence-corrected chi connectivity index (χ4v) is 2.39. The number of aromatic amines is 1. The van der Waals surface area contributed by atoms with E-state index in [1.165, 1.54) is 0 Å². The quantitative estimate of drug-likeness (QED) is 0.247. The molecule has 24 heavy (non-hydrogen) atoms. The molecular formula is C11H12FN2O8PS. The van der Waals surface area contributed by atoms with E-state index in [1.54, 1.807) is 0 Å². The lowest BCUT2D eigenvalue weighted by molar-refractivity contribution is -0.204. The number of aliphatic hydroxyl groups excluding tert-OH is 2. The van der Waals surface area contributed by atoms with Gasteiger partial charge in [0, 0.05) is 6.20 Å². The van der Waals surface area contributed by atoms with Gasteiger partial charge in [0.25, 0.3) is 11.4 Å². The Balaban J connectivity index is 2.51. The monoisotopic (exact) mass is 384 g/mol. The van der Waals surface area contributed by atoms with Crippen molar-refractivity contribution in [3.05, 3.63) is 26.9 Å². The number of phosphoric acid groups is 1. The standard InChI is InChI=1S/C11H12FN2O8PS/c1-2-5-3-14(10(24)13-8(5)17)9-6(15)7(16)11(12,22-9)4-21-23(18,19)20/h1,3,6-7,9,15-16H,4H2,(H,13,17,24)(H2,18,19,20)/t6-,7+,9-,11-/m1/s1/i4D2. The minimum Gasteiger partial charge on any atom is -0.385 e. The molecule has 1 saturated heterocycles. The van der Waals surface area contributed by atoms with Crippen LogP contribution in [0.25, 0.3) is 0 Å². The number of ether oxygens (including phenoxy) is 1. The van der Waals surface area contributed by atoms with Gasteiger partial charge >= 0.3 is 7.82 Å². The first-order valence-corrected chi connectivity index (χ1v) is 7.98. The summed E-state index contributed by atoms with van der Waals surface area (Å²) in [6.45, 7) is -3.87. The summed E-state index contributed by atoms with van der Waals surface area (Å²) in [7, 11) is -5.54. The van der Waals surface area contributed by atoms with E-state index in [1.807, 2.05) is 5.92 Å². The van der Waals surface area contributed by atoms with Crippen LogP contribution in [0.2, 0.25) is 0 Å². The minimum atomic E-state index is -5.54. The molecule has 1 aromatic rings. The molecule has 1 aliphatic rings. The van der Waals surface area contributed by atoms with Gasteiger partial charge in [0.2, 0.25) is 0 Å². The third kappa shape index (κ3) is 3.64. The van der Waals surface area contributed by atoms with Gasteiger partial charge in [-0.05, 0) is 12.2 Å². The van der Waals surface area contributed by atoms with E-state index in [0.717, 1.165) is 10.8 Å². The summed E-state index contributed by atoms with van der Waals surface area (Å²) in [5.41, 5.74) is -1.07. The summed E-state index contributed by atoms with van der Waals surface area (Å²) in [4.78, 5) is 31.1. The number of halogens is 1. The third-order valence-electron chi connectivity index (χ3n) is 2.99. The van der Waals surface area contributed by atoms with Crippen LogP contribution in [0, 0.1) is 17.1 Å². The van der Waals surface area contributed by atoms with Crippen LogP contribution in [-0.2, 0) is 13.8 Å². The smallest absolute Gasteiger partial charge is 0.385 e. The summed E-state index contributed by atoms with van der Waals surface area (Å²) in [6.07, 6.45) is -0.703. The second-order valence-corrected chi connectivity index (χ2v) is 6.18. The molecule has 2 heterocycles. The summed E-state index contributed by atoms with van der Waals surface area (Å²) in [5, 5.41) is 19.9. The maximum Gasteiger partial charge on any atom is 0.469 e. The van der Waals surface area contributed by atoms with Crippen LogP contribution in [0.5, 0.6) is 0 Å². The second-order valence-electron chi connectivity index (χ2n) is 4.63. The number of nitrogens with one attached hydrogen (secondary N) is 1. The SMILES string of the molecule is [2H]C([2H])(OP(=O)(O)O)[C@@]1(F)O[C@@H](n2cc(C#C)c(=O)[nH]c2=S)[C@H](O)[C@@H]1O. The lowest BCUT2D eigenvalue weighted by Crippen LogP contribution is -2.42. The summed E-state index contributed by atoms with van der Waals surface area (Å²) < 4.78 is 49.3. The van der Waals surface area contributed by atoms with Gasteiger partial charge in [0.1, 0.15) is 24.3 Å². The van der Waals surface area contributed by atoms with Gasteiger partial charge in [-0.25, -0.2) is 8.96 Å². The number of hydrogen-bond acceptors (Lipinski definition) is 7. The van der Waals surface area contributed by atoms with Crippen LogP contribution in [0.1, 0.15) is 14.5 Å². The van der Waals surface area contributed by atoms with Crippen molar-refractivity contribution in [2.45, 2.75) is 24.3 Å². The van der Waals surface area contributed by atoms with Crippen LogP contribution in [0.15, 0.2) is 11.0 Å². The van der Waals surface area contributed by atoms with Gasteiger partial charge in [-0.15, -0.1) is 6.42 Å². The minimum absolute atomic E-state index is 0.297. The Labute approximate surface area is 141 Å². The molecule has 132 valence electrons. The molecule has 0 saturated carbocycles. The first-order chi connectivity index (χ1) is 11.7. The Morgan fingerprint density at radius 1 is 1.67 bits per heavy atom. The average Bonchev–Trinajstić information content (AvgIpc) is 2.71. The van der Waals surface area contributed by atoms with Gasteiger partial charge in [0.05, 0.1) is 2.74 Å².